The van der Waals surface area contributed by atoms with Gasteiger partial charge in [-0.2, -0.15) is 15.1 Å². The topological polar surface area (TPSA) is 155 Å². The number of aryl methyl sites for hydroxylation is 1. The standard InChI is InChI=1S/C32H37N9O3/c1-20-16-37-41(18-20)26-15-25(28(43)29(26)44)40-19-36-27-30(38-32(39-31(27)40)34-14-13-33-21(2)42)35-17-24(22-9-5-3-6-10-22)23-11-7-4-8-12-23/h3-12,16,18-19,24-26,28-29,43-44H,13-15,17H2,1-2H3,(H,33,42)(H2,34,35,38,39)/t25-,26+,28+,29-/m1/s1. The van der Waals surface area contributed by atoms with E-state index in [1.165, 1.54) is 18.1 Å². The normalized spacial score (nSPS) is 19.8. The summed E-state index contributed by atoms with van der Waals surface area (Å²) in [6.07, 6.45) is 3.63. The molecule has 1 saturated carbocycles. The molecule has 12 heteroatoms. The van der Waals surface area contributed by atoms with Gasteiger partial charge in [0.15, 0.2) is 17.0 Å². The Labute approximate surface area is 255 Å². The lowest BCUT2D eigenvalue weighted by Crippen LogP contribution is -2.30. The van der Waals surface area contributed by atoms with Crippen LogP contribution in [0.1, 0.15) is 48.0 Å². The summed E-state index contributed by atoms with van der Waals surface area (Å²) in [5, 5.41) is 36.0. The van der Waals surface area contributed by atoms with Crippen molar-refractivity contribution >= 4 is 28.8 Å². The van der Waals surface area contributed by atoms with E-state index in [2.05, 4.69) is 50.3 Å². The second-order valence-electron chi connectivity index (χ2n) is 11.2. The van der Waals surface area contributed by atoms with Crippen molar-refractivity contribution in [3.63, 3.8) is 0 Å². The average molecular weight is 596 g/mol. The van der Waals surface area contributed by atoms with Crippen molar-refractivity contribution in [3.05, 3.63) is 96.1 Å². The predicted molar refractivity (Wildman–Crippen MR) is 167 cm³/mol. The molecule has 1 aliphatic carbocycles. The van der Waals surface area contributed by atoms with Gasteiger partial charge < -0.3 is 30.7 Å². The van der Waals surface area contributed by atoms with Gasteiger partial charge in [-0.15, -0.1) is 0 Å². The number of amides is 1. The van der Waals surface area contributed by atoms with Crippen LogP contribution in [-0.4, -0.2) is 77.3 Å². The molecule has 6 rings (SSSR count). The second-order valence-corrected chi connectivity index (χ2v) is 11.2. The molecule has 1 fully saturated rings. The van der Waals surface area contributed by atoms with Gasteiger partial charge in [-0.3, -0.25) is 9.48 Å². The molecule has 3 aromatic heterocycles. The van der Waals surface area contributed by atoms with Crippen LogP contribution in [0.15, 0.2) is 79.4 Å². The minimum Gasteiger partial charge on any atom is -0.388 e. The van der Waals surface area contributed by atoms with E-state index in [1.54, 1.807) is 17.2 Å². The molecule has 0 bridgehead atoms. The number of hydrogen-bond acceptors (Lipinski definition) is 9. The third-order valence-electron chi connectivity index (χ3n) is 8.13. The molecule has 5 N–H and O–H groups in total. The van der Waals surface area contributed by atoms with E-state index in [-0.39, 0.29) is 11.8 Å². The van der Waals surface area contributed by atoms with Crippen LogP contribution in [0.25, 0.3) is 11.2 Å². The molecule has 0 radical (unpaired) electrons. The molecule has 1 aliphatic rings. The Morgan fingerprint density at radius 2 is 1.64 bits per heavy atom. The molecule has 0 saturated heterocycles. The molecule has 0 aliphatic heterocycles. The minimum absolute atomic E-state index is 0.0470. The SMILES string of the molecule is CC(=O)NCCNc1nc(NCC(c2ccccc2)c2ccccc2)c2ncn([C@@H]3C[C@H](n4cc(C)cn4)[C@@H](O)[C@H]3O)c2n1. The van der Waals surface area contributed by atoms with E-state index in [4.69, 9.17) is 9.97 Å². The van der Waals surface area contributed by atoms with Gasteiger partial charge in [0.25, 0.3) is 0 Å². The Morgan fingerprint density at radius 3 is 2.27 bits per heavy atom. The van der Waals surface area contributed by atoms with Crippen LogP contribution in [0, 0.1) is 6.92 Å². The molecule has 12 nitrogen and oxygen atoms in total. The highest BCUT2D eigenvalue weighted by Crippen LogP contribution is 2.40. The summed E-state index contributed by atoms with van der Waals surface area (Å²) < 4.78 is 3.53. The maximum atomic E-state index is 11.4. The third kappa shape index (κ3) is 6.12. The molecule has 1 amide bonds. The zero-order valence-corrected chi connectivity index (χ0v) is 24.7. The van der Waals surface area contributed by atoms with Crippen molar-refractivity contribution in [1.82, 2.24) is 34.6 Å². The second kappa shape index (κ2) is 12.8. The van der Waals surface area contributed by atoms with Crippen molar-refractivity contribution in [2.24, 2.45) is 0 Å². The van der Waals surface area contributed by atoms with Crippen LogP contribution in [0.2, 0.25) is 0 Å². The van der Waals surface area contributed by atoms with Crippen molar-refractivity contribution in [2.75, 3.05) is 30.3 Å². The molecule has 228 valence electrons. The van der Waals surface area contributed by atoms with Crippen molar-refractivity contribution in [2.45, 2.75) is 50.5 Å². The largest absolute Gasteiger partial charge is 0.388 e. The molecular formula is C32H37N9O3. The molecule has 0 spiro atoms. The number of fused-ring (bicyclic) bond motifs is 1. The zero-order chi connectivity index (χ0) is 30.6. The molecule has 2 aromatic carbocycles. The number of nitrogens with zero attached hydrogens (tertiary/aromatic N) is 6. The lowest BCUT2D eigenvalue weighted by molar-refractivity contribution is -0.118. The Kier molecular flexibility index (Phi) is 8.53. The van der Waals surface area contributed by atoms with E-state index in [0.29, 0.717) is 49.0 Å². The third-order valence-corrected chi connectivity index (χ3v) is 8.13. The van der Waals surface area contributed by atoms with Crippen molar-refractivity contribution in [1.29, 1.82) is 0 Å². The Bertz CT molecular complexity index is 1670. The number of hydrogen-bond donors (Lipinski definition) is 5. The van der Waals surface area contributed by atoms with E-state index < -0.39 is 24.3 Å². The van der Waals surface area contributed by atoms with Gasteiger partial charge in [-0.1, -0.05) is 60.7 Å². The molecule has 5 aromatic rings. The number of benzene rings is 2. The first-order valence-corrected chi connectivity index (χ1v) is 14.8. The Balaban J connectivity index is 1.33. The fourth-order valence-corrected chi connectivity index (χ4v) is 5.91. The summed E-state index contributed by atoms with van der Waals surface area (Å²) in [4.78, 5) is 25.6. The van der Waals surface area contributed by atoms with Crippen LogP contribution < -0.4 is 16.0 Å². The smallest absolute Gasteiger partial charge is 0.226 e. The van der Waals surface area contributed by atoms with Gasteiger partial charge in [-0.25, -0.2) is 4.98 Å². The van der Waals surface area contributed by atoms with Gasteiger partial charge in [0, 0.05) is 38.7 Å². The number of rotatable bonds is 11. The van der Waals surface area contributed by atoms with Crippen molar-refractivity contribution < 1.29 is 15.0 Å². The number of carbonyl (C=O) groups is 1. The minimum atomic E-state index is -1.05. The Morgan fingerprint density at radius 1 is 0.955 bits per heavy atom. The van der Waals surface area contributed by atoms with Gasteiger partial charge in [0.2, 0.25) is 11.9 Å². The van der Waals surface area contributed by atoms with Crippen LogP contribution in [-0.2, 0) is 4.79 Å². The number of aliphatic hydroxyl groups is 2. The quantitative estimate of drug-likeness (QED) is 0.145. The lowest BCUT2D eigenvalue weighted by Gasteiger charge is -2.20. The first kappa shape index (κ1) is 29.3. The highest BCUT2D eigenvalue weighted by molar-refractivity contribution is 5.84. The molecule has 3 heterocycles. The molecule has 44 heavy (non-hydrogen) atoms. The number of aliphatic hydroxyl groups excluding tert-OH is 2. The number of carbonyl (C=O) groups excluding carboxylic acids is 1. The summed E-state index contributed by atoms with van der Waals surface area (Å²) in [7, 11) is 0. The summed E-state index contributed by atoms with van der Waals surface area (Å²) in [6, 6.07) is 19.7. The fraction of sp³-hybridized carbons (Fsp3) is 0.344. The predicted octanol–water partition coefficient (Wildman–Crippen LogP) is 3.03. The average Bonchev–Trinajstić information content (AvgIpc) is 3.73. The highest BCUT2D eigenvalue weighted by Gasteiger charge is 2.44. The molecular weight excluding hydrogens is 558 g/mol. The highest BCUT2D eigenvalue weighted by atomic mass is 16.3. The van der Waals surface area contributed by atoms with Crippen LogP contribution >= 0.6 is 0 Å². The van der Waals surface area contributed by atoms with Gasteiger partial charge in [0.1, 0.15) is 12.2 Å². The fourth-order valence-electron chi connectivity index (χ4n) is 5.91. The van der Waals surface area contributed by atoms with E-state index >= 15 is 0 Å². The van der Waals surface area contributed by atoms with Crippen LogP contribution in [0.3, 0.4) is 0 Å². The summed E-state index contributed by atoms with van der Waals surface area (Å²) in [5.74, 6) is 0.827. The van der Waals surface area contributed by atoms with Gasteiger partial charge in [-0.05, 0) is 30.0 Å². The molecule has 4 atom stereocenters. The van der Waals surface area contributed by atoms with Crippen molar-refractivity contribution in [3.8, 4) is 0 Å². The van der Waals surface area contributed by atoms with Gasteiger partial charge in [0.05, 0.1) is 24.6 Å². The summed E-state index contributed by atoms with van der Waals surface area (Å²) >= 11 is 0. The summed E-state index contributed by atoms with van der Waals surface area (Å²) in [6.45, 7) is 4.78. The Hall–Kier alpha value is -4.81. The lowest BCUT2D eigenvalue weighted by atomic mass is 9.91. The van der Waals surface area contributed by atoms with E-state index in [1.807, 2.05) is 54.1 Å². The number of imidazole rings is 1. The monoisotopic (exact) mass is 595 g/mol. The zero-order valence-electron chi connectivity index (χ0n) is 24.7. The maximum Gasteiger partial charge on any atom is 0.226 e. The van der Waals surface area contributed by atoms with E-state index in [0.717, 1.165) is 5.56 Å². The van der Waals surface area contributed by atoms with Crippen LogP contribution in [0.4, 0.5) is 11.8 Å². The maximum absolute atomic E-state index is 11.4. The van der Waals surface area contributed by atoms with Gasteiger partial charge >= 0.3 is 0 Å². The number of aromatic nitrogens is 6. The van der Waals surface area contributed by atoms with E-state index in [9.17, 15) is 15.0 Å². The first-order chi connectivity index (χ1) is 21.4. The summed E-state index contributed by atoms with van der Waals surface area (Å²) in [5.41, 5.74) is 4.38. The number of nitrogens with one attached hydrogen (secondary N) is 3. The number of anilines is 2. The molecule has 0 unspecified atom stereocenters. The van der Waals surface area contributed by atoms with Crippen LogP contribution in [0.5, 0.6) is 0 Å². The first-order valence-electron chi connectivity index (χ1n) is 14.8.